The van der Waals surface area contributed by atoms with Gasteiger partial charge in [0, 0.05) is 32.7 Å². The van der Waals surface area contributed by atoms with E-state index in [2.05, 4.69) is 18.8 Å². The molecule has 0 atom stereocenters. The van der Waals surface area contributed by atoms with Crippen LogP contribution in [0.5, 0.6) is 0 Å². The molecule has 0 radical (unpaired) electrons. The lowest BCUT2D eigenvalue weighted by Gasteiger charge is -2.30. The first-order valence-corrected chi connectivity index (χ1v) is 11.1. The number of carbonyl (C=O) groups is 1. The number of aryl methyl sites for hydroxylation is 2. The van der Waals surface area contributed by atoms with Crippen LogP contribution in [0.1, 0.15) is 48.0 Å². The number of amides is 1. The molecule has 0 saturated carbocycles. The van der Waals surface area contributed by atoms with E-state index in [-0.39, 0.29) is 35.0 Å². The Morgan fingerprint density at radius 3 is 2.14 bits per heavy atom. The van der Waals surface area contributed by atoms with E-state index in [1.807, 2.05) is 32.6 Å². The summed E-state index contributed by atoms with van der Waals surface area (Å²) in [6, 6.07) is 0.218. The Morgan fingerprint density at radius 1 is 1.03 bits per heavy atom. The molecule has 0 bridgehead atoms. The molecule has 0 aromatic carbocycles. The van der Waals surface area contributed by atoms with Crippen LogP contribution in [-0.4, -0.2) is 47.3 Å². The predicted octanol–water partition coefficient (Wildman–Crippen LogP) is 2.22. The lowest BCUT2D eigenvalue weighted by Crippen LogP contribution is -2.43. The second-order valence-corrected chi connectivity index (χ2v) is 9.33. The molecule has 2 aromatic rings. The Labute approximate surface area is 175 Å². The zero-order chi connectivity index (χ0) is 22.0. The van der Waals surface area contributed by atoms with Crippen molar-refractivity contribution in [2.45, 2.75) is 71.7 Å². The predicted molar refractivity (Wildman–Crippen MR) is 118 cm³/mol. The quantitative estimate of drug-likeness (QED) is 0.608. The fourth-order valence-electron chi connectivity index (χ4n) is 3.51. The number of thioether (sulfide) groups is 1. The Bertz CT molecular complexity index is 992. The molecule has 0 spiro atoms. The van der Waals surface area contributed by atoms with Crippen LogP contribution in [0.4, 0.5) is 0 Å². The lowest BCUT2D eigenvalue weighted by atomic mass is 10.1. The molecule has 0 unspecified atom stereocenters. The molecule has 0 fully saturated rings. The minimum absolute atomic E-state index is 0.0234. The third kappa shape index (κ3) is 4.76. The van der Waals surface area contributed by atoms with Gasteiger partial charge < -0.3 is 9.47 Å². The van der Waals surface area contributed by atoms with Gasteiger partial charge in [0.05, 0.1) is 5.75 Å². The second-order valence-electron chi connectivity index (χ2n) is 8.38. The molecule has 2 heterocycles. The molecule has 0 saturated heterocycles. The van der Waals surface area contributed by atoms with E-state index in [1.165, 1.54) is 20.9 Å². The molecule has 29 heavy (non-hydrogen) atoms. The van der Waals surface area contributed by atoms with Crippen LogP contribution in [0.3, 0.4) is 0 Å². The molecule has 8 nitrogen and oxygen atoms in total. The van der Waals surface area contributed by atoms with Crippen molar-refractivity contribution < 1.29 is 4.79 Å². The minimum Gasteiger partial charge on any atom is -0.337 e. The number of aromatic nitrogens is 4. The fourth-order valence-corrected chi connectivity index (χ4v) is 4.35. The lowest BCUT2D eigenvalue weighted by molar-refractivity contribution is -0.131. The van der Waals surface area contributed by atoms with Gasteiger partial charge in [-0.05, 0) is 40.0 Å². The van der Waals surface area contributed by atoms with E-state index in [0.29, 0.717) is 28.8 Å². The Kier molecular flexibility index (Phi) is 7.37. The topological polar surface area (TPSA) is 82.1 Å². The van der Waals surface area contributed by atoms with E-state index in [0.717, 1.165) is 6.42 Å². The highest BCUT2D eigenvalue weighted by Gasteiger charge is 2.23. The molecule has 2 aromatic heterocycles. The largest absolute Gasteiger partial charge is 0.337 e. The van der Waals surface area contributed by atoms with Gasteiger partial charge in [-0.1, -0.05) is 25.6 Å². The summed E-state index contributed by atoms with van der Waals surface area (Å²) in [5.74, 6) is 0.634. The van der Waals surface area contributed by atoms with Crippen molar-refractivity contribution in [3.63, 3.8) is 0 Å². The van der Waals surface area contributed by atoms with E-state index in [4.69, 9.17) is 0 Å². The van der Waals surface area contributed by atoms with Crippen molar-refractivity contribution in [1.29, 1.82) is 0 Å². The second kappa shape index (κ2) is 9.19. The maximum atomic E-state index is 13.0. The van der Waals surface area contributed by atoms with Crippen molar-refractivity contribution in [2.24, 2.45) is 20.0 Å². The van der Waals surface area contributed by atoms with Gasteiger partial charge in [-0.25, -0.2) is 9.78 Å². The number of imidazole rings is 1. The molecule has 0 aliphatic carbocycles. The summed E-state index contributed by atoms with van der Waals surface area (Å²) < 4.78 is 4.39. The first kappa shape index (κ1) is 23.3. The molecule has 2 rings (SSSR count). The summed E-state index contributed by atoms with van der Waals surface area (Å²) in [6.07, 6.45) is 0.745. The number of hydrogen-bond donors (Lipinski definition) is 0. The average Bonchev–Trinajstić information content (AvgIpc) is 2.94. The summed E-state index contributed by atoms with van der Waals surface area (Å²) in [5.41, 5.74) is 0.0424. The first-order valence-electron chi connectivity index (χ1n) is 10.1. The smallest absolute Gasteiger partial charge is 0.332 e. The van der Waals surface area contributed by atoms with Crippen LogP contribution in [0.15, 0.2) is 14.7 Å². The average molecular weight is 424 g/mol. The monoisotopic (exact) mass is 423 g/mol. The number of nitrogens with zero attached hydrogens (tertiary/aromatic N) is 5. The number of hydrogen-bond acceptors (Lipinski definition) is 5. The summed E-state index contributed by atoms with van der Waals surface area (Å²) in [4.78, 5) is 44.6. The van der Waals surface area contributed by atoms with Gasteiger partial charge in [0.1, 0.15) is 0 Å². The SMILES string of the molecule is CC(C)CCn1c(=O)c2c(nc(SCC(=O)N(C(C)C)C(C)C)n2C)n(C)c1=O. The number of rotatable bonds is 8. The fraction of sp³-hybridized carbons (Fsp3) is 0.700. The van der Waals surface area contributed by atoms with E-state index >= 15 is 0 Å². The summed E-state index contributed by atoms with van der Waals surface area (Å²) >= 11 is 1.29. The van der Waals surface area contributed by atoms with E-state index < -0.39 is 0 Å². The van der Waals surface area contributed by atoms with Crippen LogP contribution in [0, 0.1) is 5.92 Å². The Balaban J connectivity index is 2.40. The van der Waals surface area contributed by atoms with Crippen LogP contribution < -0.4 is 11.2 Å². The zero-order valence-corrected chi connectivity index (χ0v) is 19.5. The van der Waals surface area contributed by atoms with Crippen molar-refractivity contribution in [2.75, 3.05) is 5.75 Å². The van der Waals surface area contributed by atoms with Crippen molar-refractivity contribution in [3.05, 3.63) is 20.8 Å². The van der Waals surface area contributed by atoms with Crippen molar-refractivity contribution in [1.82, 2.24) is 23.6 Å². The first-order chi connectivity index (χ1) is 13.5. The van der Waals surface area contributed by atoms with Crippen LogP contribution in [-0.2, 0) is 25.4 Å². The maximum absolute atomic E-state index is 13.0. The van der Waals surface area contributed by atoms with Crippen LogP contribution in [0.25, 0.3) is 11.2 Å². The van der Waals surface area contributed by atoms with Gasteiger partial charge in [0.25, 0.3) is 5.56 Å². The van der Waals surface area contributed by atoms with Crippen LogP contribution in [0.2, 0.25) is 0 Å². The molecule has 9 heteroatoms. The molecule has 0 aliphatic heterocycles. The highest BCUT2D eigenvalue weighted by Crippen LogP contribution is 2.21. The minimum atomic E-state index is -0.361. The normalized spacial score (nSPS) is 12.0. The Hall–Kier alpha value is -2.03. The third-order valence-electron chi connectivity index (χ3n) is 4.97. The van der Waals surface area contributed by atoms with Gasteiger partial charge in [0.15, 0.2) is 16.3 Å². The number of carbonyl (C=O) groups excluding carboxylic acids is 1. The Morgan fingerprint density at radius 2 is 1.62 bits per heavy atom. The molecule has 0 N–H and O–H groups in total. The highest BCUT2D eigenvalue weighted by atomic mass is 32.2. The van der Waals surface area contributed by atoms with Gasteiger partial charge in [-0.3, -0.25) is 18.7 Å². The van der Waals surface area contributed by atoms with Crippen LogP contribution >= 0.6 is 11.8 Å². The molecule has 1 amide bonds. The standard InChI is InChI=1S/C20H33N5O3S/c1-12(2)9-10-24-18(27)16-17(23(8)20(24)28)21-19(22(16)7)29-11-15(26)25(13(3)4)14(5)6/h12-14H,9-11H2,1-8H3. The molecule has 162 valence electrons. The molecular formula is C20H33N5O3S. The van der Waals surface area contributed by atoms with Gasteiger partial charge in [0.2, 0.25) is 5.91 Å². The third-order valence-corrected chi connectivity index (χ3v) is 5.99. The zero-order valence-electron chi connectivity index (χ0n) is 18.7. The summed E-state index contributed by atoms with van der Waals surface area (Å²) in [5, 5.41) is 0.550. The molecular weight excluding hydrogens is 390 g/mol. The molecule has 0 aliphatic rings. The van der Waals surface area contributed by atoms with E-state index in [9.17, 15) is 14.4 Å². The number of fused-ring (bicyclic) bond motifs is 1. The van der Waals surface area contributed by atoms with Gasteiger partial charge in [-0.2, -0.15) is 0 Å². The van der Waals surface area contributed by atoms with E-state index in [1.54, 1.807) is 18.7 Å². The van der Waals surface area contributed by atoms with Crippen molar-refractivity contribution >= 4 is 28.8 Å². The maximum Gasteiger partial charge on any atom is 0.332 e. The van der Waals surface area contributed by atoms with Crippen molar-refractivity contribution in [3.8, 4) is 0 Å². The summed E-state index contributed by atoms with van der Waals surface area (Å²) in [7, 11) is 3.38. The van der Waals surface area contributed by atoms with Gasteiger partial charge in [-0.15, -0.1) is 0 Å². The van der Waals surface area contributed by atoms with Gasteiger partial charge >= 0.3 is 5.69 Å². The summed E-state index contributed by atoms with van der Waals surface area (Å²) in [6.45, 7) is 12.5. The highest BCUT2D eigenvalue weighted by molar-refractivity contribution is 7.99.